The average Bonchev–Trinajstić information content (AvgIpc) is 2.92. The summed E-state index contributed by atoms with van der Waals surface area (Å²) >= 11 is 0. The number of aryl methyl sites for hydroxylation is 1. The summed E-state index contributed by atoms with van der Waals surface area (Å²) in [6, 6.07) is 17.5. The van der Waals surface area contributed by atoms with Gasteiger partial charge in [-0.1, -0.05) is 47.7 Å². The molecule has 0 radical (unpaired) electrons. The van der Waals surface area contributed by atoms with Crippen LogP contribution in [0.15, 0.2) is 48.5 Å². The summed E-state index contributed by atoms with van der Waals surface area (Å²) in [5.41, 5.74) is 6.95. The predicted molar refractivity (Wildman–Crippen MR) is 93.2 cm³/mol. The van der Waals surface area contributed by atoms with Gasteiger partial charge in [0.25, 0.3) is 0 Å². The Morgan fingerprint density at radius 2 is 1.65 bits per heavy atom. The number of rotatable bonds is 1. The number of anilines is 1. The van der Waals surface area contributed by atoms with E-state index in [2.05, 4.69) is 77.6 Å². The highest BCUT2D eigenvalue weighted by molar-refractivity contribution is 5.88. The van der Waals surface area contributed by atoms with Crippen molar-refractivity contribution in [3.63, 3.8) is 0 Å². The van der Waals surface area contributed by atoms with Gasteiger partial charge in [-0.3, -0.25) is 0 Å². The fourth-order valence-corrected chi connectivity index (χ4v) is 3.38. The molecule has 0 atom stereocenters. The van der Waals surface area contributed by atoms with Crippen LogP contribution in [-0.4, -0.2) is 21.0 Å². The lowest BCUT2D eigenvalue weighted by Gasteiger charge is -2.33. The van der Waals surface area contributed by atoms with Crippen molar-refractivity contribution >= 4 is 5.69 Å². The molecule has 1 aromatic heterocycles. The second-order valence-electron chi connectivity index (χ2n) is 6.31. The zero-order chi connectivity index (χ0) is 16.0. The monoisotopic (exact) mass is 304 g/mol. The van der Waals surface area contributed by atoms with Crippen LogP contribution in [-0.2, 0) is 13.6 Å². The fraction of sp³-hybridized carbons (Fsp3) is 0.263. The molecule has 0 spiro atoms. The van der Waals surface area contributed by atoms with Crippen molar-refractivity contribution in [3.05, 3.63) is 54.1 Å². The molecular weight excluding hydrogens is 284 g/mol. The Labute approximate surface area is 136 Å². The highest BCUT2D eigenvalue weighted by Gasteiger charge is 2.26. The van der Waals surface area contributed by atoms with Gasteiger partial charge in [-0.15, -0.1) is 5.10 Å². The zero-order valence-corrected chi connectivity index (χ0v) is 13.7. The minimum absolute atomic E-state index is 0.405. The molecule has 4 rings (SSSR count). The molecule has 1 aliphatic heterocycles. The lowest BCUT2D eigenvalue weighted by atomic mass is 9.95. The summed E-state index contributed by atoms with van der Waals surface area (Å²) in [4.78, 5) is 2.44. The van der Waals surface area contributed by atoms with Gasteiger partial charge in [0.15, 0.2) is 0 Å². The molecule has 0 saturated carbocycles. The first kappa shape index (κ1) is 14.0. The normalized spacial score (nSPS) is 13.1. The highest BCUT2D eigenvalue weighted by atomic mass is 15.4. The van der Waals surface area contributed by atoms with Gasteiger partial charge in [0, 0.05) is 36.4 Å². The molecule has 2 heterocycles. The van der Waals surface area contributed by atoms with E-state index in [9.17, 15) is 0 Å². The first-order valence-corrected chi connectivity index (χ1v) is 8.01. The number of fused-ring (bicyclic) bond motifs is 5. The molecule has 0 amide bonds. The Morgan fingerprint density at radius 3 is 2.43 bits per heavy atom. The van der Waals surface area contributed by atoms with Gasteiger partial charge in [-0.05, 0) is 25.5 Å². The minimum Gasteiger partial charge on any atom is -0.364 e. The Balaban J connectivity index is 2.08. The molecule has 4 heteroatoms. The van der Waals surface area contributed by atoms with Crippen LogP contribution in [0.5, 0.6) is 0 Å². The van der Waals surface area contributed by atoms with Crippen molar-refractivity contribution in [2.45, 2.75) is 26.4 Å². The Bertz CT molecular complexity index is 863. The molecule has 0 fully saturated rings. The van der Waals surface area contributed by atoms with Crippen LogP contribution < -0.4 is 4.90 Å². The molecule has 1 aliphatic rings. The zero-order valence-electron chi connectivity index (χ0n) is 13.7. The maximum Gasteiger partial charge on any atom is 0.123 e. The number of aromatic nitrogens is 3. The maximum absolute atomic E-state index is 4.48. The van der Waals surface area contributed by atoms with E-state index in [0.717, 1.165) is 23.5 Å². The van der Waals surface area contributed by atoms with E-state index < -0.39 is 0 Å². The molecule has 4 nitrogen and oxygen atoms in total. The second kappa shape index (κ2) is 5.23. The van der Waals surface area contributed by atoms with Gasteiger partial charge in [0.2, 0.25) is 0 Å². The summed E-state index contributed by atoms with van der Waals surface area (Å²) in [5.74, 6) is 0. The van der Waals surface area contributed by atoms with E-state index in [1.807, 2.05) is 11.7 Å². The number of para-hydroxylation sites is 1. The van der Waals surface area contributed by atoms with Crippen LogP contribution in [0, 0.1) is 0 Å². The Kier molecular flexibility index (Phi) is 3.18. The van der Waals surface area contributed by atoms with E-state index in [4.69, 9.17) is 0 Å². The minimum atomic E-state index is 0.405. The SMILES string of the molecule is CC(C)N1Cc2ccccc2-c2c(nnn2C)-c2ccccc21. The summed E-state index contributed by atoms with van der Waals surface area (Å²) in [7, 11) is 1.97. The third-order valence-electron chi connectivity index (χ3n) is 4.53. The average molecular weight is 304 g/mol. The molecule has 2 aromatic carbocycles. The van der Waals surface area contributed by atoms with Crippen molar-refractivity contribution in [3.8, 4) is 22.5 Å². The smallest absolute Gasteiger partial charge is 0.123 e. The quantitative estimate of drug-likeness (QED) is 0.684. The van der Waals surface area contributed by atoms with Crippen molar-refractivity contribution < 1.29 is 0 Å². The molecule has 116 valence electrons. The van der Waals surface area contributed by atoms with Crippen LogP contribution in [0.25, 0.3) is 22.5 Å². The van der Waals surface area contributed by atoms with Gasteiger partial charge in [-0.2, -0.15) is 0 Å². The fourth-order valence-electron chi connectivity index (χ4n) is 3.38. The molecule has 0 bridgehead atoms. The van der Waals surface area contributed by atoms with E-state index >= 15 is 0 Å². The summed E-state index contributed by atoms with van der Waals surface area (Å²) in [6.07, 6.45) is 0. The van der Waals surface area contributed by atoms with Gasteiger partial charge in [0.1, 0.15) is 5.69 Å². The molecule has 0 N–H and O–H groups in total. The van der Waals surface area contributed by atoms with E-state index in [-0.39, 0.29) is 0 Å². The van der Waals surface area contributed by atoms with Gasteiger partial charge in [0.05, 0.1) is 5.69 Å². The van der Waals surface area contributed by atoms with E-state index in [1.54, 1.807) is 0 Å². The van der Waals surface area contributed by atoms with Crippen molar-refractivity contribution in [2.75, 3.05) is 4.90 Å². The first-order chi connectivity index (χ1) is 11.2. The number of hydrogen-bond acceptors (Lipinski definition) is 3. The van der Waals surface area contributed by atoms with E-state index in [0.29, 0.717) is 6.04 Å². The molecule has 3 aromatic rings. The lowest BCUT2D eigenvalue weighted by Crippen LogP contribution is -2.31. The van der Waals surface area contributed by atoms with E-state index in [1.165, 1.54) is 16.8 Å². The maximum atomic E-state index is 4.48. The van der Waals surface area contributed by atoms with Crippen LogP contribution in [0.1, 0.15) is 19.4 Å². The highest BCUT2D eigenvalue weighted by Crippen LogP contribution is 2.40. The van der Waals surface area contributed by atoms with Crippen molar-refractivity contribution in [2.24, 2.45) is 7.05 Å². The van der Waals surface area contributed by atoms with Crippen molar-refractivity contribution in [1.29, 1.82) is 0 Å². The second-order valence-corrected chi connectivity index (χ2v) is 6.31. The topological polar surface area (TPSA) is 34.0 Å². The largest absolute Gasteiger partial charge is 0.364 e. The standard InChI is InChI=1S/C19H20N4/c1-13(2)23-12-14-8-4-5-9-15(14)19-18(20-21-22(19)3)16-10-6-7-11-17(16)23/h4-11,13H,12H2,1-3H3. The predicted octanol–water partition coefficient (Wildman–Crippen LogP) is 3.88. The van der Waals surface area contributed by atoms with Crippen molar-refractivity contribution in [1.82, 2.24) is 15.0 Å². The summed E-state index contributed by atoms with van der Waals surface area (Å²) < 4.78 is 1.88. The molecular formula is C19H20N4. The third-order valence-corrected chi connectivity index (χ3v) is 4.53. The summed E-state index contributed by atoms with van der Waals surface area (Å²) in [5, 5.41) is 8.78. The van der Waals surface area contributed by atoms with Crippen LogP contribution in [0.3, 0.4) is 0 Å². The van der Waals surface area contributed by atoms with Gasteiger partial charge < -0.3 is 4.90 Å². The number of benzene rings is 2. The van der Waals surface area contributed by atoms with Crippen LogP contribution in [0.2, 0.25) is 0 Å². The Morgan fingerprint density at radius 1 is 0.957 bits per heavy atom. The molecule has 0 unspecified atom stereocenters. The molecule has 23 heavy (non-hydrogen) atoms. The Hall–Kier alpha value is -2.62. The third kappa shape index (κ3) is 2.13. The first-order valence-electron chi connectivity index (χ1n) is 8.01. The number of nitrogens with zero attached hydrogens (tertiary/aromatic N) is 4. The lowest BCUT2D eigenvalue weighted by molar-refractivity contribution is 0.682. The molecule has 0 saturated heterocycles. The van der Waals surface area contributed by atoms with Crippen LogP contribution in [0.4, 0.5) is 5.69 Å². The molecule has 0 aliphatic carbocycles. The number of hydrogen-bond donors (Lipinski definition) is 0. The van der Waals surface area contributed by atoms with Gasteiger partial charge >= 0.3 is 0 Å². The van der Waals surface area contributed by atoms with Crippen LogP contribution >= 0.6 is 0 Å². The summed E-state index contributed by atoms with van der Waals surface area (Å²) in [6.45, 7) is 5.35. The van der Waals surface area contributed by atoms with Gasteiger partial charge in [-0.25, -0.2) is 4.68 Å².